The summed E-state index contributed by atoms with van der Waals surface area (Å²) in [6.45, 7) is 6.26. The first-order valence-corrected chi connectivity index (χ1v) is 9.47. The molecule has 0 radical (unpaired) electrons. The first-order valence-electron chi connectivity index (χ1n) is 9.47. The molecule has 0 aliphatic carbocycles. The van der Waals surface area contributed by atoms with Gasteiger partial charge in [-0.25, -0.2) is 0 Å². The lowest BCUT2D eigenvalue weighted by atomic mass is 9.73. The number of piperidine rings is 1. The maximum atomic E-state index is 13.0. The van der Waals surface area contributed by atoms with Gasteiger partial charge in [0.05, 0.1) is 12.7 Å². The molecule has 0 bridgehead atoms. The molecule has 144 valence electrons. The van der Waals surface area contributed by atoms with Crippen LogP contribution in [0, 0.1) is 25.2 Å². The van der Waals surface area contributed by atoms with Crippen molar-refractivity contribution in [3.05, 3.63) is 35.1 Å². The number of nitrogens with zero attached hydrogens (tertiary/aromatic N) is 2. The quantitative estimate of drug-likeness (QED) is 0.898. The highest BCUT2D eigenvalue weighted by Crippen LogP contribution is 2.42. The van der Waals surface area contributed by atoms with E-state index in [0.29, 0.717) is 19.6 Å². The Hall–Kier alpha value is -2.34. The van der Waals surface area contributed by atoms with E-state index in [2.05, 4.69) is 11.0 Å². The Morgan fingerprint density at radius 3 is 2.81 bits per heavy atom. The normalized spacial score (nSPS) is 25.7. The van der Waals surface area contributed by atoms with Crippen molar-refractivity contribution in [1.82, 2.24) is 9.80 Å². The number of hydrogen-bond donors (Lipinski definition) is 1. The van der Waals surface area contributed by atoms with E-state index in [-0.39, 0.29) is 18.2 Å². The van der Waals surface area contributed by atoms with Crippen LogP contribution in [0.5, 0.6) is 0 Å². The van der Waals surface area contributed by atoms with Crippen LogP contribution in [0.15, 0.2) is 22.8 Å². The Labute approximate surface area is 158 Å². The summed E-state index contributed by atoms with van der Waals surface area (Å²) < 4.78 is 5.67. The second kappa shape index (κ2) is 6.37. The summed E-state index contributed by atoms with van der Waals surface area (Å²) in [6.07, 6.45) is 2.73. The van der Waals surface area contributed by atoms with Gasteiger partial charge in [0.15, 0.2) is 0 Å². The molecule has 27 heavy (non-hydrogen) atoms. The number of hydrogen-bond acceptors (Lipinski definition) is 4. The van der Waals surface area contributed by atoms with Gasteiger partial charge in [0.1, 0.15) is 11.0 Å². The Morgan fingerprint density at radius 1 is 1.30 bits per heavy atom. The molecule has 0 saturated carbocycles. The van der Waals surface area contributed by atoms with E-state index < -0.39 is 11.4 Å². The summed E-state index contributed by atoms with van der Waals surface area (Å²) in [5.74, 6) is -0.773. The molecule has 2 aromatic rings. The van der Waals surface area contributed by atoms with Crippen molar-refractivity contribution in [2.45, 2.75) is 26.7 Å². The molecule has 6 nitrogen and oxygen atoms in total. The van der Waals surface area contributed by atoms with E-state index in [9.17, 15) is 14.7 Å². The number of carboxylic acids is 1. The number of aliphatic carboxylic acids is 1. The fraction of sp³-hybridized carbons (Fsp3) is 0.524. The second-order valence-corrected chi connectivity index (χ2v) is 8.35. The molecule has 1 N–H and O–H groups in total. The molecule has 2 aliphatic rings. The van der Waals surface area contributed by atoms with Gasteiger partial charge < -0.3 is 19.3 Å². The average molecular weight is 370 g/mol. The van der Waals surface area contributed by atoms with Crippen LogP contribution in [0.2, 0.25) is 0 Å². The molecular weight excluding hydrogens is 344 g/mol. The zero-order chi connectivity index (χ0) is 19.3. The molecular formula is C21H26N2O4. The third-order valence-electron chi connectivity index (χ3n) is 6.32. The molecule has 1 amide bonds. The highest BCUT2D eigenvalue weighted by molar-refractivity contribution is 5.90. The number of rotatable bonds is 3. The molecule has 0 unspecified atom stereocenters. The Morgan fingerprint density at radius 2 is 2.07 bits per heavy atom. The van der Waals surface area contributed by atoms with Crippen molar-refractivity contribution < 1.29 is 19.1 Å². The van der Waals surface area contributed by atoms with Crippen LogP contribution in [-0.4, -0.2) is 60.0 Å². The third kappa shape index (κ3) is 2.92. The number of carbonyl (C=O) groups is 2. The van der Waals surface area contributed by atoms with E-state index in [1.54, 1.807) is 11.2 Å². The van der Waals surface area contributed by atoms with E-state index in [4.69, 9.17) is 4.42 Å². The van der Waals surface area contributed by atoms with Crippen molar-refractivity contribution >= 4 is 22.8 Å². The lowest BCUT2D eigenvalue weighted by Crippen LogP contribution is -2.52. The van der Waals surface area contributed by atoms with Gasteiger partial charge in [-0.05, 0) is 57.0 Å². The lowest BCUT2D eigenvalue weighted by molar-refractivity contribution is -0.154. The maximum absolute atomic E-state index is 13.0. The predicted molar refractivity (Wildman–Crippen MR) is 102 cm³/mol. The Balaban J connectivity index is 1.57. The lowest BCUT2D eigenvalue weighted by Gasteiger charge is -2.39. The summed E-state index contributed by atoms with van der Waals surface area (Å²) in [5.41, 5.74) is 3.07. The van der Waals surface area contributed by atoms with Crippen LogP contribution in [0.4, 0.5) is 0 Å². The summed E-state index contributed by atoms with van der Waals surface area (Å²) in [6, 6.07) is 4.07. The van der Waals surface area contributed by atoms with Crippen molar-refractivity contribution in [2.75, 3.05) is 33.2 Å². The third-order valence-corrected chi connectivity index (χ3v) is 6.32. The van der Waals surface area contributed by atoms with Gasteiger partial charge in [0.25, 0.3) is 0 Å². The van der Waals surface area contributed by atoms with Gasteiger partial charge in [-0.15, -0.1) is 0 Å². The van der Waals surface area contributed by atoms with Crippen molar-refractivity contribution in [1.29, 1.82) is 0 Å². The van der Waals surface area contributed by atoms with Crippen LogP contribution < -0.4 is 0 Å². The highest BCUT2D eigenvalue weighted by Gasteiger charge is 2.55. The van der Waals surface area contributed by atoms with Crippen molar-refractivity contribution in [2.24, 2.45) is 11.3 Å². The standard InChI is InChI=1S/C21H26N2O4/c1-13-6-14(2)19-15(10-27-17(19)7-13)8-18(24)23-9-16-4-5-22(3)11-21(16,12-23)20(25)26/h6-7,10,16H,4-5,8-9,11-12H2,1-3H3,(H,25,26)/t16-,21-/m1/s1. The Bertz CT molecular complexity index is 918. The number of likely N-dealkylation sites (tertiary alicyclic amines) is 2. The zero-order valence-electron chi connectivity index (χ0n) is 16.1. The van der Waals surface area contributed by atoms with Gasteiger partial charge in [0.2, 0.25) is 5.91 Å². The first-order chi connectivity index (χ1) is 12.8. The molecule has 2 aliphatic heterocycles. The number of carboxylic acid groups (broad SMARTS) is 1. The zero-order valence-corrected chi connectivity index (χ0v) is 16.1. The number of carbonyl (C=O) groups excluding carboxylic acids is 1. The molecule has 1 aromatic carbocycles. The van der Waals surface area contributed by atoms with E-state index in [1.165, 1.54) is 0 Å². The SMILES string of the molecule is Cc1cc(C)c2c(CC(=O)N3C[C@H]4CCN(C)C[C@@]4(C(=O)O)C3)coc2c1. The predicted octanol–water partition coefficient (Wildman–Crippen LogP) is 2.46. The molecule has 6 heteroatoms. The number of furan rings is 1. The van der Waals surface area contributed by atoms with Crippen LogP contribution in [-0.2, 0) is 16.0 Å². The summed E-state index contributed by atoms with van der Waals surface area (Å²) >= 11 is 0. The first kappa shape index (κ1) is 18.0. The molecule has 2 saturated heterocycles. The summed E-state index contributed by atoms with van der Waals surface area (Å²) in [5, 5.41) is 10.9. The van der Waals surface area contributed by atoms with Gasteiger partial charge in [-0.2, -0.15) is 0 Å². The number of aryl methyl sites for hydroxylation is 2. The summed E-state index contributed by atoms with van der Waals surface area (Å²) in [4.78, 5) is 28.9. The number of fused-ring (bicyclic) bond motifs is 2. The van der Waals surface area contributed by atoms with Crippen LogP contribution in [0.25, 0.3) is 11.0 Å². The van der Waals surface area contributed by atoms with Crippen molar-refractivity contribution in [3.63, 3.8) is 0 Å². The van der Waals surface area contributed by atoms with Gasteiger partial charge in [-0.1, -0.05) is 6.07 Å². The molecule has 2 atom stereocenters. The maximum Gasteiger partial charge on any atom is 0.313 e. The van der Waals surface area contributed by atoms with Crippen LogP contribution >= 0.6 is 0 Å². The smallest absolute Gasteiger partial charge is 0.313 e. The van der Waals surface area contributed by atoms with E-state index in [1.807, 2.05) is 27.0 Å². The second-order valence-electron chi connectivity index (χ2n) is 8.35. The molecule has 2 fully saturated rings. The fourth-order valence-corrected chi connectivity index (χ4v) is 4.99. The van der Waals surface area contributed by atoms with E-state index in [0.717, 1.165) is 40.6 Å². The minimum Gasteiger partial charge on any atom is -0.481 e. The van der Waals surface area contributed by atoms with E-state index >= 15 is 0 Å². The van der Waals surface area contributed by atoms with Gasteiger partial charge >= 0.3 is 5.97 Å². The monoisotopic (exact) mass is 370 g/mol. The number of benzene rings is 1. The average Bonchev–Trinajstić information content (AvgIpc) is 3.16. The van der Waals surface area contributed by atoms with Gasteiger partial charge in [0, 0.05) is 30.6 Å². The Kier molecular flexibility index (Phi) is 4.26. The fourth-order valence-electron chi connectivity index (χ4n) is 4.99. The van der Waals surface area contributed by atoms with Crippen LogP contribution in [0.3, 0.4) is 0 Å². The topological polar surface area (TPSA) is 74.0 Å². The molecule has 0 spiro atoms. The van der Waals surface area contributed by atoms with Crippen LogP contribution in [0.1, 0.15) is 23.1 Å². The largest absolute Gasteiger partial charge is 0.481 e. The molecule has 1 aromatic heterocycles. The minimum absolute atomic E-state index is 0.0182. The van der Waals surface area contributed by atoms with Crippen molar-refractivity contribution in [3.8, 4) is 0 Å². The molecule has 3 heterocycles. The minimum atomic E-state index is -0.839. The highest BCUT2D eigenvalue weighted by atomic mass is 16.4. The number of amides is 1. The van der Waals surface area contributed by atoms with Gasteiger partial charge in [-0.3, -0.25) is 9.59 Å². The summed E-state index contributed by atoms with van der Waals surface area (Å²) in [7, 11) is 1.95. The molecule has 4 rings (SSSR count).